The predicted octanol–water partition coefficient (Wildman–Crippen LogP) is 2.35. The van der Waals surface area contributed by atoms with Crippen LogP contribution in [0.4, 0.5) is 5.69 Å². The number of carbonyl (C=O) groups is 2. The van der Waals surface area contributed by atoms with Gasteiger partial charge in [-0.05, 0) is 37.9 Å². The van der Waals surface area contributed by atoms with Gasteiger partial charge in [0.15, 0.2) is 11.5 Å². The van der Waals surface area contributed by atoms with Gasteiger partial charge in [0.2, 0.25) is 0 Å². The maximum absolute atomic E-state index is 13.1. The Morgan fingerprint density at radius 1 is 1.15 bits per heavy atom. The molecule has 0 aromatic heterocycles. The van der Waals surface area contributed by atoms with E-state index in [1.54, 1.807) is 24.3 Å². The summed E-state index contributed by atoms with van der Waals surface area (Å²) in [5, 5.41) is 22.5. The molecule has 2 aliphatic heterocycles. The zero-order valence-electron chi connectivity index (χ0n) is 18.2. The molecular weight excluding hydrogens is 430 g/mol. The molecule has 10 nitrogen and oxygen atoms in total. The number of amides is 1. The lowest BCUT2D eigenvalue weighted by molar-refractivity contribution is -0.384. The molecule has 1 N–H and O–H groups in total. The standard InChI is InChI=1S/C23H23N3O7/c1-24(2)8-9-25-20(14-4-3-5-16(12-14)26(30)31)19(22(28)23(25)29)21(27)15-6-7-17-18(13-15)33-11-10-32-17/h3-7,12-13,20,27H,8-11H2,1-2H3/t20-/m1/s1. The van der Waals surface area contributed by atoms with Gasteiger partial charge in [-0.1, -0.05) is 12.1 Å². The molecule has 172 valence electrons. The average Bonchev–Trinajstić information content (AvgIpc) is 3.06. The van der Waals surface area contributed by atoms with E-state index < -0.39 is 22.7 Å². The van der Waals surface area contributed by atoms with Gasteiger partial charge < -0.3 is 24.4 Å². The minimum Gasteiger partial charge on any atom is -0.507 e. The number of likely N-dealkylation sites (N-methyl/N-ethyl adjacent to an activating group) is 1. The zero-order valence-corrected chi connectivity index (χ0v) is 18.2. The van der Waals surface area contributed by atoms with E-state index in [0.717, 1.165) is 0 Å². The molecule has 0 unspecified atom stereocenters. The van der Waals surface area contributed by atoms with Crippen molar-refractivity contribution in [3.05, 3.63) is 69.3 Å². The Hall–Kier alpha value is -3.92. The third kappa shape index (κ3) is 4.24. The fourth-order valence-corrected chi connectivity index (χ4v) is 3.92. The summed E-state index contributed by atoms with van der Waals surface area (Å²) >= 11 is 0. The van der Waals surface area contributed by atoms with Crippen molar-refractivity contribution in [1.29, 1.82) is 0 Å². The second-order valence-corrected chi connectivity index (χ2v) is 8.01. The van der Waals surface area contributed by atoms with E-state index in [9.17, 15) is 24.8 Å². The Bertz CT molecular complexity index is 1160. The van der Waals surface area contributed by atoms with Crippen molar-refractivity contribution in [2.45, 2.75) is 6.04 Å². The van der Waals surface area contributed by atoms with Gasteiger partial charge in [-0.3, -0.25) is 19.7 Å². The summed E-state index contributed by atoms with van der Waals surface area (Å²) in [5.41, 5.74) is 0.336. The summed E-state index contributed by atoms with van der Waals surface area (Å²) < 4.78 is 11.1. The van der Waals surface area contributed by atoms with Crippen LogP contribution in [0.15, 0.2) is 48.0 Å². The topological polar surface area (TPSA) is 122 Å². The molecule has 2 heterocycles. The smallest absolute Gasteiger partial charge is 0.295 e. The zero-order chi connectivity index (χ0) is 23.7. The van der Waals surface area contributed by atoms with E-state index in [0.29, 0.717) is 36.8 Å². The number of carbonyl (C=O) groups excluding carboxylic acids is 2. The van der Waals surface area contributed by atoms with Gasteiger partial charge in [0.05, 0.1) is 16.5 Å². The Morgan fingerprint density at radius 3 is 2.58 bits per heavy atom. The van der Waals surface area contributed by atoms with Crippen molar-refractivity contribution in [2.24, 2.45) is 0 Å². The highest BCUT2D eigenvalue weighted by atomic mass is 16.6. The first-order valence-electron chi connectivity index (χ1n) is 10.4. The minimum atomic E-state index is -0.974. The van der Waals surface area contributed by atoms with Gasteiger partial charge in [-0.2, -0.15) is 0 Å². The van der Waals surface area contributed by atoms with Crippen molar-refractivity contribution in [2.75, 3.05) is 40.4 Å². The van der Waals surface area contributed by atoms with Crippen LogP contribution in [0.1, 0.15) is 17.2 Å². The number of non-ortho nitro benzene ring substituents is 1. The third-order valence-corrected chi connectivity index (χ3v) is 5.54. The number of rotatable bonds is 6. The molecule has 0 bridgehead atoms. The van der Waals surface area contributed by atoms with Gasteiger partial charge in [-0.25, -0.2) is 0 Å². The second-order valence-electron chi connectivity index (χ2n) is 8.01. The van der Waals surface area contributed by atoms with E-state index in [1.165, 1.54) is 23.1 Å². The molecule has 0 aliphatic carbocycles. The van der Waals surface area contributed by atoms with Crippen LogP contribution in [-0.4, -0.2) is 71.9 Å². The first-order valence-corrected chi connectivity index (χ1v) is 10.4. The highest BCUT2D eigenvalue weighted by molar-refractivity contribution is 6.46. The number of benzene rings is 2. The first kappa shape index (κ1) is 22.3. The van der Waals surface area contributed by atoms with Crippen molar-refractivity contribution in [1.82, 2.24) is 9.80 Å². The number of aliphatic hydroxyl groups is 1. The number of hydrogen-bond acceptors (Lipinski definition) is 8. The number of nitro benzene ring substituents is 1. The molecule has 0 saturated carbocycles. The lowest BCUT2D eigenvalue weighted by Gasteiger charge is -2.26. The molecule has 1 fully saturated rings. The monoisotopic (exact) mass is 453 g/mol. The van der Waals surface area contributed by atoms with Crippen molar-refractivity contribution >= 4 is 23.1 Å². The van der Waals surface area contributed by atoms with Crippen LogP contribution in [0.5, 0.6) is 11.5 Å². The highest BCUT2D eigenvalue weighted by Crippen LogP contribution is 2.41. The van der Waals surface area contributed by atoms with E-state index in [1.807, 2.05) is 19.0 Å². The van der Waals surface area contributed by atoms with Gasteiger partial charge in [0.25, 0.3) is 17.4 Å². The van der Waals surface area contributed by atoms with Gasteiger partial charge in [0.1, 0.15) is 19.0 Å². The van der Waals surface area contributed by atoms with Crippen LogP contribution in [0.3, 0.4) is 0 Å². The maximum atomic E-state index is 13.1. The van der Waals surface area contributed by atoms with Crippen LogP contribution in [0.25, 0.3) is 5.76 Å². The van der Waals surface area contributed by atoms with Crippen LogP contribution >= 0.6 is 0 Å². The Balaban J connectivity index is 1.85. The summed E-state index contributed by atoms with van der Waals surface area (Å²) in [6.45, 7) is 1.41. The summed E-state index contributed by atoms with van der Waals surface area (Å²) in [6, 6.07) is 9.49. The average molecular weight is 453 g/mol. The molecule has 1 saturated heterocycles. The lowest BCUT2D eigenvalue weighted by Crippen LogP contribution is -2.35. The molecule has 4 rings (SSSR count). The van der Waals surface area contributed by atoms with Gasteiger partial charge in [0, 0.05) is 30.8 Å². The molecule has 2 aromatic carbocycles. The third-order valence-electron chi connectivity index (χ3n) is 5.54. The van der Waals surface area contributed by atoms with Crippen LogP contribution in [0.2, 0.25) is 0 Å². The number of nitro groups is 1. The maximum Gasteiger partial charge on any atom is 0.295 e. The second kappa shape index (κ2) is 8.91. The van der Waals surface area contributed by atoms with Crippen LogP contribution in [-0.2, 0) is 9.59 Å². The van der Waals surface area contributed by atoms with Gasteiger partial charge >= 0.3 is 0 Å². The largest absolute Gasteiger partial charge is 0.507 e. The van der Waals surface area contributed by atoms with E-state index >= 15 is 0 Å². The van der Waals surface area contributed by atoms with E-state index in [4.69, 9.17) is 9.47 Å². The number of nitrogens with zero attached hydrogens (tertiary/aromatic N) is 3. The van der Waals surface area contributed by atoms with Crippen molar-refractivity contribution in [3.8, 4) is 11.5 Å². The number of hydrogen-bond donors (Lipinski definition) is 1. The quantitative estimate of drug-likeness (QED) is 0.233. The molecule has 1 atom stereocenters. The van der Waals surface area contributed by atoms with Crippen molar-refractivity contribution in [3.63, 3.8) is 0 Å². The van der Waals surface area contributed by atoms with E-state index in [-0.39, 0.29) is 29.1 Å². The van der Waals surface area contributed by atoms with Gasteiger partial charge in [-0.15, -0.1) is 0 Å². The van der Waals surface area contributed by atoms with Crippen LogP contribution in [0, 0.1) is 10.1 Å². The normalized spacial score (nSPS) is 19.2. The molecular formula is C23H23N3O7. The minimum absolute atomic E-state index is 0.129. The van der Waals surface area contributed by atoms with Crippen molar-refractivity contribution < 1.29 is 29.1 Å². The molecule has 0 radical (unpaired) electrons. The Morgan fingerprint density at radius 2 is 1.88 bits per heavy atom. The number of ketones is 1. The summed E-state index contributed by atoms with van der Waals surface area (Å²) in [4.78, 5) is 40.0. The fourth-order valence-electron chi connectivity index (χ4n) is 3.92. The summed E-state index contributed by atoms with van der Waals surface area (Å²) in [6.07, 6.45) is 0. The highest BCUT2D eigenvalue weighted by Gasteiger charge is 2.46. The molecule has 0 spiro atoms. The van der Waals surface area contributed by atoms with Crippen LogP contribution < -0.4 is 9.47 Å². The SMILES string of the molecule is CN(C)CCN1C(=O)C(=O)C(=C(O)c2ccc3c(c2)OCCO3)[C@H]1c1cccc([N+](=O)[O-])c1. The molecule has 33 heavy (non-hydrogen) atoms. The number of aliphatic hydroxyl groups excluding tert-OH is 1. The first-order chi connectivity index (χ1) is 15.8. The molecule has 10 heteroatoms. The lowest BCUT2D eigenvalue weighted by atomic mass is 9.95. The Kier molecular flexibility index (Phi) is 6.01. The summed E-state index contributed by atoms with van der Waals surface area (Å²) in [7, 11) is 3.66. The molecule has 1 amide bonds. The summed E-state index contributed by atoms with van der Waals surface area (Å²) in [5.74, 6) is -1.07. The molecule has 2 aliphatic rings. The fraction of sp³-hybridized carbons (Fsp3) is 0.304. The number of likely N-dealkylation sites (tertiary alicyclic amines) is 1. The predicted molar refractivity (Wildman–Crippen MR) is 118 cm³/mol. The number of fused-ring (bicyclic) bond motifs is 1. The molecule has 2 aromatic rings. The number of ether oxygens (including phenoxy) is 2. The van der Waals surface area contributed by atoms with E-state index in [2.05, 4.69) is 0 Å². The Labute approximate surface area is 189 Å². The number of Topliss-reactive ketones (excluding diaryl/α,β-unsaturated/α-hetero) is 1.